The Kier molecular flexibility index (Phi) is 2.88. The van der Waals surface area contributed by atoms with Crippen molar-refractivity contribution >= 4 is 28.2 Å². The zero-order valence-electron chi connectivity index (χ0n) is 9.20. The monoisotopic (exact) mass is 235 g/mol. The molecule has 4 heteroatoms. The number of anilines is 1. The summed E-state index contributed by atoms with van der Waals surface area (Å²) in [4.78, 5) is 0. The van der Waals surface area contributed by atoms with Gasteiger partial charge in [0.2, 0.25) is 0 Å². The molecule has 2 aromatic rings. The van der Waals surface area contributed by atoms with Crippen LogP contribution in [0.15, 0.2) is 24.9 Å². The largest absolute Gasteiger partial charge is 0.397 e. The fourth-order valence-corrected chi connectivity index (χ4v) is 2.06. The summed E-state index contributed by atoms with van der Waals surface area (Å²) in [6.07, 6.45) is 5.58. The molecule has 16 heavy (non-hydrogen) atoms. The van der Waals surface area contributed by atoms with Gasteiger partial charge in [0, 0.05) is 18.6 Å². The molecule has 2 rings (SSSR count). The van der Waals surface area contributed by atoms with Gasteiger partial charge in [-0.1, -0.05) is 17.7 Å². The maximum Gasteiger partial charge on any atom is 0.0942 e. The van der Waals surface area contributed by atoms with Gasteiger partial charge in [-0.05, 0) is 24.5 Å². The van der Waals surface area contributed by atoms with Crippen LogP contribution in [-0.2, 0) is 13.5 Å². The molecule has 0 saturated carbocycles. The van der Waals surface area contributed by atoms with Crippen LogP contribution in [0.4, 0.5) is 5.69 Å². The fraction of sp³-hybridized carbons (Fsp3) is 0.250. The Bertz CT molecular complexity index is 543. The molecule has 3 nitrogen and oxygen atoms in total. The summed E-state index contributed by atoms with van der Waals surface area (Å²) in [6, 6.07) is 1.81. The first kappa shape index (κ1) is 11.0. The van der Waals surface area contributed by atoms with Gasteiger partial charge >= 0.3 is 0 Å². The van der Waals surface area contributed by atoms with Crippen LogP contribution in [0.1, 0.15) is 12.0 Å². The molecular formula is C12H14ClN3. The molecule has 1 heterocycles. The second kappa shape index (κ2) is 4.18. The number of aryl methyl sites for hydroxylation is 2. The molecule has 0 saturated heterocycles. The van der Waals surface area contributed by atoms with E-state index in [1.165, 1.54) is 0 Å². The molecule has 0 amide bonds. The minimum Gasteiger partial charge on any atom is -0.397 e. The highest BCUT2D eigenvalue weighted by Gasteiger charge is 2.11. The lowest BCUT2D eigenvalue weighted by Gasteiger charge is -2.07. The van der Waals surface area contributed by atoms with Crippen molar-refractivity contribution in [3.63, 3.8) is 0 Å². The molecule has 0 radical (unpaired) electrons. The first-order valence-electron chi connectivity index (χ1n) is 5.14. The molecule has 0 aliphatic carbocycles. The number of hydrogen-bond acceptors (Lipinski definition) is 2. The zero-order valence-corrected chi connectivity index (χ0v) is 9.96. The second-order valence-electron chi connectivity index (χ2n) is 3.81. The summed E-state index contributed by atoms with van der Waals surface area (Å²) in [6.45, 7) is 3.72. The number of nitrogen functional groups attached to an aromatic ring is 1. The lowest BCUT2D eigenvalue weighted by Crippen LogP contribution is -1.96. The Hall–Kier alpha value is -1.48. The Morgan fingerprint density at radius 3 is 3.06 bits per heavy atom. The fourth-order valence-electron chi connectivity index (χ4n) is 1.85. The molecule has 0 aliphatic heterocycles. The highest BCUT2D eigenvalue weighted by atomic mass is 35.5. The van der Waals surface area contributed by atoms with Crippen molar-refractivity contribution in [1.29, 1.82) is 0 Å². The third-order valence-corrected chi connectivity index (χ3v) is 2.94. The molecule has 0 fully saturated rings. The Morgan fingerprint density at radius 1 is 1.62 bits per heavy atom. The first-order chi connectivity index (χ1) is 7.63. The maximum absolute atomic E-state index is 6.08. The van der Waals surface area contributed by atoms with E-state index in [2.05, 4.69) is 11.7 Å². The van der Waals surface area contributed by atoms with Crippen molar-refractivity contribution in [2.24, 2.45) is 7.05 Å². The number of allylic oxidation sites excluding steroid dienone is 1. The van der Waals surface area contributed by atoms with Crippen molar-refractivity contribution in [3.8, 4) is 0 Å². The van der Waals surface area contributed by atoms with E-state index in [-0.39, 0.29) is 0 Å². The van der Waals surface area contributed by atoms with Crippen LogP contribution in [0.25, 0.3) is 10.9 Å². The Labute approximate surface area is 99.5 Å². The van der Waals surface area contributed by atoms with Crippen LogP contribution >= 0.6 is 11.6 Å². The van der Waals surface area contributed by atoms with Crippen LogP contribution in [0, 0.1) is 0 Å². The van der Waals surface area contributed by atoms with Crippen LogP contribution in [0.5, 0.6) is 0 Å². The third kappa shape index (κ3) is 1.78. The maximum atomic E-state index is 6.08. The molecule has 0 unspecified atom stereocenters. The molecule has 1 aromatic heterocycles. The van der Waals surface area contributed by atoms with Gasteiger partial charge in [-0.15, -0.1) is 6.58 Å². The molecule has 0 aliphatic rings. The number of fused-ring (bicyclic) bond motifs is 1. The van der Waals surface area contributed by atoms with Gasteiger partial charge in [-0.3, -0.25) is 4.68 Å². The average Bonchev–Trinajstić information content (AvgIpc) is 2.59. The lowest BCUT2D eigenvalue weighted by molar-refractivity contribution is 0.779. The SMILES string of the molecule is C=CCCc1c(N)c(Cl)cc2nn(C)cc12. The molecular weight excluding hydrogens is 222 g/mol. The summed E-state index contributed by atoms with van der Waals surface area (Å²) in [7, 11) is 1.89. The van der Waals surface area contributed by atoms with Crippen molar-refractivity contribution < 1.29 is 0 Å². The minimum atomic E-state index is 0.574. The number of nitrogens with two attached hydrogens (primary N) is 1. The predicted octanol–water partition coefficient (Wildman–Crippen LogP) is 2.93. The molecule has 0 spiro atoms. The smallest absolute Gasteiger partial charge is 0.0942 e. The van der Waals surface area contributed by atoms with E-state index in [0.717, 1.165) is 29.3 Å². The van der Waals surface area contributed by atoms with Gasteiger partial charge < -0.3 is 5.73 Å². The third-order valence-electron chi connectivity index (χ3n) is 2.63. The number of aromatic nitrogens is 2. The number of hydrogen-bond donors (Lipinski definition) is 1. The summed E-state index contributed by atoms with van der Waals surface area (Å²) in [5, 5.41) is 5.98. The van der Waals surface area contributed by atoms with E-state index in [1.54, 1.807) is 4.68 Å². The van der Waals surface area contributed by atoms with E-state index in [1.807, 2.05) is 25.4 Å². The normalized spacial score (nSPS) is 10.9. The van der Waals surface area contributed by atoms with Gasteiger partial charge in [0.05, 0.1) is 16.2 Å². The van der Waals surface area contributed by atoms with Crippen LogP contribution < -0.4 is 5.73 Å². The van der Waals surface area contributed by atoms with Gasteiger partial charge in [-0.25, -0.2) is 0 Å². The van der Waals surface area contributed by atoms with E-state index < -0.39 is 0 Å². The highest BCUT2D eigenvalue weighted by molar-refractivity contribution is 6.34. The summed E-state index contributed by atoms with van der Waals surface area (Å²) >= 11 is 6.08. The second-order valence-corrected chi connectivity index (χ2v) is 4.22. The molecule has 84 valence electrons. The number of nitrogens with zero attached hydrogens (tertiary/aromatic N) is 2. The zero-order chi connectivity index (χ0) is 11.7. The molecule has 2 N–H and O–H groups in total. The van der Waals surface area contributed by atoms with Crippen molar-refractivity contribution in [2.45, 2.75) is 12.8 Å². The standard InChI is InChI=1S/C12H14ClN3/c1-3-4-5-8-9-7-16(2)15-11(9)6-10(13)12(8)14/h3,6-7H,1,4-5,14H2,2H3. The van der Waals surface area contributed by atoms with E-state index in [0.29, 0.717) is 10.7 Å². The minimum absolute atomic E-state index is 0.574. The number of halogens is 1. The topological polar surface area (TPSA) is 43.8 Å². The quantitative estimate of drug-likeness (QED) is 0.657. The van der Waals surface area contributed by atoms with Crippen LogP contribution in [0.2, 0.25) is 5.02 Å². The lowest BCUT2D eigenvalue weighted by atomic mass is 10.0. The van der Waals surface area contributed by atoms with Crippen molar-refractivity contribution in [1.82, 2.24) is 9.78 Å². The van der Waals surface area contributed by atoms with E-state index >= 15 is 0 Å². The number of rotatable bonds is 3. The number of benzene rings is 1. The summed E-state index contributed by atoms with van der Waals surface area (Å²) in [5.41, 5.74) is 8.61. The Balaban J connectivity index is 2.65. The first-order valence-corrected chi connectivity index (χ1v) is 5.52. The van der Waals surface area contributed by atoms with E-state index in [4.69, 9.17) is 17.3 Å². The summed E-state index contributed by atoms with van der Waals surface area (Å²) < 4.78 is 1.78. The average molecular weight is 236 g/mol. The van der Waals surface area contributed by atoms with Crippen LogP contribution in [0.3, 0.4) is 0 Å². The highest BCUT2D eigenvalue weighted by Crippen LogP contribution is 2.31. The van der Waals surface area contributed by atoms with Gasteiger partial charge in [-0.2, -0.15) is 5.10 Å². The summed E-state index contributed by atoms with van der Waals surface area (Å²) in [5.74, 6) is 0. The van der Waals surface area contributed by atoms with E-state index in [9.17, 15) is 0 Å². The molecule has 0 atom stereocenters. The van der Waals surface area contributed by atoms with Crippen molar-refractivity contribution in [2.75, 3.05) is 5.73 Å². The molecule has 0 bridgehead atoms. The molecule has 1 aromatic carbocycles. The predicted molar refractivity (Wildman–Crippen MR) is 68.7 cm³/mol. The van der Waals surface area contributed by atoms with Gasteiger partial charge in [0.25, 0.3) is 0 Å². The van der Waals surface area contributed by atoms with Crippen molar-refractivity contribution in [3.05, 3.63) is 35.5 Å². The van der Waals surface area contributed by atoms with Gasteiger partial charge in [0.15, 0.2) is 0 Å². The van der Waals surface area contributed by atoms with Crippen LogP contribution in [-0.4, -0.2) is 9.78 Å². The Morgan fingerprint density at radius 2 is 2.38 bits per heavy atom. The van der Waals surface area contributed by atoms with Gasteiger partial charge in [0.1, 0.15) is 0 Å².